The molecule has 0 aliphatic heterocycles. The lowest BCUT2D eigenvalue weighted by molar-refractivity contribution is 1.08. The molecule has 0 aliphatic rings. The quantitative estimate of drug-likeness (QED) is 0.170. The molecule has 3 heterocycles. The van der Waals surface area contributed by atoms with Crippen LogP contribution < -0.4 is 0 Å². The Labute approximate surface area is 322 Å². The Bertz CT molecular complexity index is 3520. The van der Waals surface area contributed by atoms with Crippen LogP contribution in [0.2, 0.25) is 0 Å². The Kier molecular flexibility index (Phi) is 6.60. The summed E-state index contributed by atoms with van der Waals surface area (Å²) in [4.78, 5) is 11.2. The van der Waals surface area contributed by atoms with Crippen LogP contribution in [0.15, 0.2) is 194 Å². The predicted molar refractivity (Wildman–Crippen MR) is 234 cm³/mol. The van der Waals surface area contributed by atoms with Gasteiger partial charge < -0.3 is 4.57 Å². The SMILES string of the molecule is c1ccc(-c2cccc(-c3nc4c(ccc5ccccc54)nc3-n3c4cc5ccccc5cc4c4cc5c(cc43)c3ccccc3n5-c3ccccc3)c2)cc1. The second-order valence-corrected chi connectivity index (χ2v) is 14.6. The van der Waals surface area contributed by atoms with Crippen molar-refractivity contribution in [3.05, 3.63) is 194 Å². The lowest BCUT2D eigenvalue weighted by Gasteiger charge is -2.15. The van der Waals surface area contributed by atoms with Crippen LogP contribution in [0.4, 0.5) is 0 Å². The van der Waals surface area contributed by atoms with E-state index >= 15 is 0 Å². The van der Waals surface area contributed by atoms with Crippen LogP contribution in [0.5, 0.6) is 0 Å². The molecule has 0 saturated carbocycles. The average Bonchev–Trinajstić information content (AvgIpc) is 3.76. The highest BCUT2D eigenvalue weighted by Gasteiger charge is 2.23. The van der Waals surface area contributed by atoms with Crippen LogP contribution in [0.25, 0.3) is 110 Å². The van der Waals surface area contributed by atoms with E-state index in [1.54, 1.807) is 0 Å². The van der Waals surface area contributed by atoms with E-state index in [2.05, 4.69) is 203 Å². The fraction of sp³-hybridized carbons (Fsp3) is 0. The van der Waals surface area contributed by atoms with Crippen LogP contribution in [-0.4, -0.2) is 19.1 Å². The third-order valence-corrected chi connectivity index (χ3v) is 11.4. The van der Waals surface area contributed by atoms with Crippen molar-refractivity contribution in [2.75, 3.05) is 0 Å². The van der Waals surface area contributed by atoms with E-state index in [1.165, 1.54) is 43.4 Å². The second-order valence-electron chi connectivity index (χ2n) is 14.6. The van der Waals surface area contributed by atoms with Gasteiger partial charge in [-0.2, -0.15) is 0 Å². The summed E-state index contributed by atoms with van der Waals surface area (Å²) < 4.78 is 4.77. The van der Waals surface area contributed by atoms with Gasteiger partial charge in [-0.05, 0) is 81.9 Å². The highest BCUT2D eigenvalue weighted by atomic mass is 15.1. The second kappa shape index (κ2) is 12.0. The van der Waals surface area contributed by atoms with Crippen LogP contribution in [0.1, 0.15) is 0 Å². The minimum Gasteiger partial charge on any atom is -0.309 e. The molecule has 4 heteroatoms. The number of fused-ring (bicyclic) bond motifs is 10. The van der Waals surface area contributed by atoms with Gasteiger partial charge in [0.25, 0.3) is 0 Å². The first-order chi connectivity index (χ1) is 27.8. The summed E-state index contributed by atoms with van der Waals surface area (Å²) in [6, 6.07) is 69.6. The Morgan fingerprint density at radius 1 is 0.321 bits per heavy atom. The first kappa shape index (κ1) is 30.9. The van der Waals surface area contributed by atoms with Crippen molar-refractivity contribution in [2.24, 2.45) is 0 Å². The zero-order valence-corrected chi connectivity index (χ0v) is 30.3. The molecule has 0 fully saturated rings. The molecule has 9 aromatic carbocycles. The minimum atomic E-state index is 0.805. The van der Waals surface area contributed by atoms with Gasteiger partial charge in [0.05, 0.1) is 33.1 Å². The molecule has 12 rings (SSSR count). The van der Waals surface area contributed by atoms with E-state index in [1.807, 2.05) is 0 Å². The largest absolute Gasteiger partial charge is 0.309 e. The van der Waals surface area contributed by atoms with E-state index in [9.17, 15) is 0 Å². The van der Waals surface area contributed by atoms with Crippen molar-refractivity contribution >= 4 is 76.2 Å². The Hall–Kier alpha value is -7.56. The Balaban J connectivity index is 1.25. The van der Waals surface area contributed by atoms with Crippen LogP contribution >= 0.6 is 0 Å². The maximum atomic E-state index is 5.62. The van der Waals surface area contributed by atoms with Gasteiger partial charge in [0.15, 0.2) is 5.82 Å². The van der Waals surface area contributed by atoms with Gasteiger partial charge in [-0.3, -0.25) is 4.57 Å². The molecule has 4 nitrogen and oxygen atoms in total. The summed E-state index contributed by atoms with van der Waals surface area (Å²) >= 11 is 0. The number of hydrogen-bond donors (Lipinski definition) is 0. The van der Waals surface area contributed by atoms with E-state index in [0.717, 1.165) is 66.7 Å². The summed E-state index contributed by atoms with van der Waals surface area (Å²) in [6.07, 6.45) is 0. The lowest BCUT2D eigenvalue weighted by atomic mass is 10.0. The number of hydrogen-bond acceptors (Lipinski definition) is 2. The average molecular weight is 713 g/mol. The molecule has 260 valence electrons. The van der Waals surface area contributed by atoms with Crippen molar-refractivity contribution in [1.29, 1.82) is 0 Å². The van der Waals surface area contributed by atoms with E-state index in [4.69, 9.17) is 9.97 Å². The van der Waals surface area contributed by atoms with Crippen molar-refractivity contribution in [3.63, 3.8) is 0 Å². The van der Waals surface area contributed by atoms with Crippen LogP contribution in [-0.2, 0) is 0 Å². The number of aromatic nitrogens is 4. The van der Waals surface area contributed by atoms with Crippen molar-refractivity contribution in [2.45, 2.75) is 0 Å². The minimum absolute atomic E-state index is 0.805. The van der Waals surface area contributed by atoms with E-state index in [0.29, 0.717) is 0 Å². The molecule has 0 bridgehead atoms. The summed E-state index contributed by atoms with van der Waals surface area (Å²) in [5, 5.41) is 9.37. The van der Waals surface area contributed by atoms with Gasteiger partial charge in [-0.1, -0.05) is 140 Å². The standard InChI is InChI=1S/C52H32N4/c1-3-14-33(15-4-1)35-19-13-20-38(28-35)50-52(53-45-27-26-34-16-9-10-23-40(34)51(45)54-50)56-47-30-37-18-8-7-17-36(37)29-42(47)44-32-48-43(31-49(44)56)41-24-11-12-25-46(41)55(48)39-21-5-2-6-22-39/h1-32H. The van der Waals surface area contributed by atoms with Gasteiger partial charge in [0.2, 0.25) is 0 Å². The molecular weight excluding hydrogens is 681 g/mol. The molecular formula is C52H32N4. The molecule has 0 atom stereocenters. The lowest BCUT2D eigenvalue weighted by Crippen LogP contribution is -2.04. The van der Waals surface area contributed by atoms with Crippen molar-refractivity contribution in [3.8, 4) is 33.9 Å². The molecule has 0 aliphatic carbocycles. The number of benzene rings is 9. The van der Waals surface area contributed by atoms with E-state index < -0.39 is 0 Å². The third-order valence-electron chi connectivity index (χ3n) is 11.4. The van der Waals surface area contributed by atoms with Gasteiger partial charge in [-0.25, -0.2) is 9.97 Å². The smallest absolute Gasteiger partial charge is 0.165 e. The fourth-order valence-electron chi connectivity index (χ4n) is 8.85. The maximum Gasteiger partial charge on any atom is 0.165 e. The predicted octanol–water partition coefficient (Wildman–Crippen LogP) is 13.5. The number of para-hydroxylation sites is 2. The molecule has 0 radical (unpaired) electrons. The molecule has 0 amide bonds. The van der Waals surface area contributed by atoms with Crippen molar-refractivity contribution in [1.82, 2.24) is 19.1 Å². The third kappa shape index (κ3) is 4.60. The molecule has 12 aromatic rings. The van der Waals surface area contributed by atoms with Gasteiger partial charge in [0.1, 0.15) is 5.69 Å². The monoisotopic (exact) mass is 712 g/mol. The van der Waals surface area contributed by atoms with E-state index in [-0.39, 0.29) is 0 Å². The van der Waals surface area contributed by atoms with Gasteiger partial charge in [0, 0.05) is 38.2 Å². The zero-order valence-electron chi connectivity index (χ0n) is 30.3. The summed E-state index contributed by atoms with van der Waals surface area (Å²) in [7, 11) is 0. The van der Waals surface area contributed by atoms with Gasteiger partial charge in [-0.15, -0.1) is 0 Å². The molecule has 56 heavy (non-hydrogen) atoms. The Morgan fingerprint density at radius 3 is 1.73 bits per heavy atom. The highest BCUT2D eigenvalue weighted by Crippen LogP contribution is 2.42. The molecule has 0 N–H and O–H groups in total. The zero-order chi connectivity index (χ0) is 36.7. The fourth-order valence-corrected chi connectivity index (χ4v) is 8.85. The van der Waals surface area contributed by atoms with Crippen LogP contribution in [0, 0.1) is 0 Å². The molecule has 0 unspecified atom stereocenters. The molecule has 3 aromatic heterocycles. The highest BCUT2D eigenvalue weighted by molar-refractivity contribution is 6.21. The summed E-state index contributed by atoms with van der Waals surface area (Å²) in [6.45, 7) is 0. The van der Waals surface area contributed by atoms with Crippen LogP contribution in [0.3, 0.4) is 0 Å². The summed E-state index contributed by atoms with van der Waals surface area (Å²) in [5.74, 6) is 0.805. The molecule has 0 spiro atoms. The summed E-state index contributed by atoms with van der Waals surface area (Å²) in [5.41, 5.74) is 11.6. The number of rotatable bonds is 4. The van der Waals surface area contributed by atoms with Crippen molar-refractivity contribution < 1.29 is 0 Å². The normalized spacial score (nSPS) is 11.9. The topological polar surface area (TPSA) is 35.6 Å². The maximum absolute atomic E-state index is 5.62. The number of nitrogens with zero attached hydrogens (tertiary/aromatic N) is 4. The van der Waals surface area contributed by atoms with Gasteiger partial charge >= 0.3 is 0 Å². The molecule has 0 saturated heterocycles. The Morgan fingerprint density at radius 2 is 0.911 bits per heavy atom. The first-order valence-electron chi connectivity index (χ1n) is 19.1. The first-order valence-corrected chi connectivity index (χ1v) is 19.1.